The van der Waals surface area contributed by atoms with E-state index in [4.69, 9.17) is 4.74 Å². The highest BCUT2D eigenvalue weighted by Crippen LogP contribution is 2.33. The number of nitrogens with one attached hydrogen (secondary N) is 1. The summed E-state index contributed by atoms with van der Waals surface area (Å²) in [4.78, 5) is 0. The summed E-state index contributed by atoms with van der Waals surface area (Å²) in [6.07, 6.45) is 6.72. The molecule has 1 N–H and O–H groups in total. The zero-order valence-electron chi connectivity index (χ0n) is 10.6. The second-order valence-electron chi connectivity index (χ2n) is 4.93. The standard InChI is InChI=1S/C13H27NO/c1-4-9-14-13(12-6-5-7-12)11(2)8-10-15-3/h11-14H,4-10H2,1-3H3. The minimum Gasteiger partial charge on any atom is -0.385 e. The molecule has 15 heavy (non-hydrogen) atoms. The molecule has 0 aromatic heterocycles. The van der Waals surface area contributed by atoms with Crippen molar-refractivity contribution in [3.05, 3.63) is 0 Å². The average molecular weight is 213 g/mol. The highest BCUT2D eigenvalue weighted by Gasteiger charge is 2.30. The van der Waals surface area contributed by atoms with Crippen molar-refractivity contribution in [1.82, 2.24) is 5.32 Å². The molecule has 1 aliphatic carbocycles. The van der Waals surface area contributed by atoms with Crippen molar-refractivity contribution in [2.24, 2.45) is 11.8 Å². The van der Waals surface area contributed by atoms with Gasteiger partial charge in [-0.3, -0.25) is 0 Å². The van der Waals surface area contributed by atoms with Crippen LogP contribution in [-0.2, 0) is 4.74 Å². The van der Waals surface area contributed by atoms with Crippen LogP contribution < -0.4 is 5.32 Å². The molecule has 0 radical (unpaired) electrons. The van der Waals surface area contributed by atoms with E-state index >= 15 is 0 Å². The van der Waals surface area contributed by atoms with Crippen molar-refractivity contribution in [2.75, 3.05) is 20.3 Å². The molecule has 0 saturated heterocycles. The summed E-state index contributed by atoms with van der Waals surface area (Å²) in [5, 5.41) is 3.72. The average Bonchev–Trinajstić information content (AvgIpc) is 2.17. The summed E-state index contributed by atoms with van der Waals surface area (Å²) in [6.45, 7) is 6.67. The maximum Gasteiger partial charge on any atom is 0.0465 e. The molecule has 0 aliphatic heterocycles. The molecule has 0 spiro atoms. The van der Waals surface area contributed by atoms with Crippen LogP contribution in [0, 0.1) is 11.8 Å². The van der Waals surface area contributed by atoms with Gasteiger partial charge in [-0.2, -0.15) is 0 Å². The Kier molecular flexibility index (Phi) is 6.26. The summed E-state index contributed by atoms with van der Waals surface area (Å²) in [7, 11) is 1.80. The number of rotatable bonds is 8. The minimum absolute atomic E-state index is 0.730. The van der Waals surface area contributed by atoms with Gasteiger partial charge >= 0.3 is 0 Å². The van der Waals surface area contributed by atoms with Crippen molar-refractivity contribution in [2.45, 2.75) is 52.0 Å². The summed E-state index contributed by atoms with van der Waals surface area (Å²) in [6, 6.07) is 0.730. The summed E-state index contributed by atoms with van der Waals surface area (Å²) >= 11 is 0. The third kappa shape index (κ3) is 4.12. The SMILES string of the molecule is CCCNC(C(C)CCOC)C1CCC1. The predicted octanol–water partition coefficient (Wildman–Crippen LogP) is 2.83. The van der Waals surface area contributed by atoms with E-state index in [-0.39, 0.29) is 0 Å². The molecule has 1 saturated carbocycles. The Morgan fingerprint density at radius 1 is 1.40 bits per heavy atom. The molecular formula is C13H27NO. The fraction of sp³-hybridized carbons (Fsp3) is 1.00. The molecular weight excluding hydrogens is 186 g/mol. The number of methoxy groups -OCH3 is 1. The first kappa shape index (κ1) is 13.0. The van der Waals surface area contributed by atoms with Crippen LogP contribution in [0.25, 0.3) is 0 Å². The lowest BCUT2D eigenvalue weighted by Crippen LogP contribution is -2.44. The molecule has 0 aromatic rings. The minimum atomic E-state index is 0.730. The van der Waals surface area contributed by atoms with E-state index < -0.39 is 0 Å². The molecule has 90 valence electrons. The smallest absolute Gasteiger partial charge is 0.0465 e. The Morgan fingerprint density at radius 3 is 2.60 bits per heavy atom. The van der Waals surface area contributed by atoms with Gasteiger partial charge in [0, 0.05) is 19.8 Å². The van der Waals surface area contributed by atoms with Crippen LogP contribution in [0.3, 0.4) is 0 Å². The molecule has 1 rings (SSSR count). The first-order chi connectivity index (χ1) is 7.29. The van der Waals surface area contributed by atoms with E-state index in [0.29, 0.717) is 0 Å². The van der Waals surface area contributed by atoms with Crippen LogP contribution in [0.2, 0.25) is 0 Å². The van der Waals surface area contributed by atoms with Crippen molar-refractivity contribution in [1.29, 1.82) is 0 Å². The molecule has 0 heterocycles. The quantitative estimate of drug-likeness (QED) is 0.669. The maximum atomic E-state index is 5.17. The Morgan fingerprint density at radius 2 is 2.13 bits per heavy atom. The van der Waals surface area contributed by atoms with Gasteiger partial charge in [0.1, 0.15) is 0 Å². The van der Waals surface area contributed by atoms with E-state index in [1.54, 1.807) is 7.11 Å². The second-order valence-corrected chi connectivity index (χ2v) is 4.93. The monoisotopic (exact) mass is 213 g/mol. The lowest BCUT2D eigenvalue weighted by molar-refractivity contribution is 0.134. The molecule has 2 nitrogen and oxygen atoms in total. The fourth-order valence-corrected chi connectivity index (χ4v) is 2.43. The zero-order valence-corrected chi connectivity index (χ0v) is 10.6. The molecule has 2 heteroatoms. The number of hydrogen-bond donors (Lipinski definition) is 1. The van der Waals surface area contributed by atoms with Gasteiger partial charge in [-0.25, -0.2) is 0 Å². The van der Waals surface area contributed by atoms with E-state index in [2.05, 4.69) is 19.2 Å². The van der Waals surface area contributed by atoms with Crippen LogP contribution >= 0.6 is 0 Å². The van der Waals surface area contributed by atoms with E-state index in [1.807, 2.05) is 0 Å². The largest absolute Gasteiger partial charge is 0.385 e. The first-order valence-corrected chi connectivity index (χ1v) is 6.52. The lowest BCUT2D eigenvalue weighted by Gasteiger charge is -2.38. The van der Waals surface area contributed by atoms with Gasteiger partial charge in [-0.05, 0) is 44.1 Å². The first-order valence-electron chi connectivity index (χ1n) is 6.52. The van der Waals surface area contributed by atoms with E-state index in [9.17, 15) is 0 Å². The van der Waals surface area contributed by atoms with Crippen LogP contribution in [0.1, 0.15) is 46.0 Å². The van der Waals surface area contributed by atoms with Crippen molar-refractivity contribution in [3.8, 4) is 0 Å². The van der Waals surface area contributed by atoms with Crippen LogP contribution in [0.5, 0.6) is 0 Å². The molecule has 1 fully saturated rings. The predicted molar refractivity (Wildman–Crippen MR) is 65.1 cm³/mol. The highest BCUT2D eigenvalue weighted by molar-refractivity contribution is 4.86. The van der Waals surface area contributed by atoms with Gasteiger partial charge in [-0.15, -0.1) is 0 Å². The topological polar surface area (TPSA) is 21.3 Å². The Labute approximate surface area is 94.8 Å². The van der Waals surface area contributed by atoms with Crippen LogP contribution in [0.15, 0.2) is 0 Å². The summed E-state index contributed by atoms with van der Waals surface area (Å²) < 4.78 is 5.17. The summed E-state index contributed by atoms with van der Waals surface area (Å²) in [5.74, 6) is 1.69. The van der Waals surface area contributed by atoms with Gasteiger partial charge < -0.3 is 10.1 Å². The van der Waals surface area contributed by atoms with Crippen molar-refractivity contribution in [3.63, 3.8) is 0 Å². The summed E-state index contributed by atoms with van der Waals surface area (Å²) in [5.41, 5.74) is 0. The molecule has 2 unspecified atom stereocenters. The van der Waals surface area contributed by atoms with Gasteiger partial charge in [0.05, 0.1) is 0 Å². The molecule has 0 aromatic carbocycles. The Bertz CT molecular complexity index is 157. The highest BCUT2D eigenvalue weighted by atomic mass is 16.5. The molecule has 1 aliphatic rings. The maximum absolute atomic E-state index is 5.17. The number of hydrogen-bond acceptors (Lipinski definition) is 2. The zero-order chi connectivity index (χ0) is 11.1. The lowest BCUT2D eigenvalue weighted by atomic mass is 9.74. The van der Waals surface area contributed by atoms with Gasteiger partial charge in [0.25, 0.3) is 0 Å². The van der Waals surface area contributed by atoms with E-state index in [0.717, 1.165) is 24.5 Å². The second kappa shape index (κ2) is 7.24. The Balaban J connectivity index is 2.31. The fourth-order valence-electron chi connectivity index (χ4n) is 2.43. The van der Waals surface area contributed by atoms with Crippen LogP contribution in [0.4, 0.5) is 0 Å². The normalized spacial score (nSPS) is 21.0. The molecule has 0 amide bonds. The molecule has 0 bridgehead atoms. The third-order valence-corrected chi connectivity index (χ3v) is 3.68. The van der Waals surface area contributed by atoms with E-state index in [1.165, 1.54) is 38.6 Å². The van der Waals surface area contributed by atoms with Gasteiger partial charge in [0.2, 0.25) is 0 Å². The van der Waals surface area contributed by atoms with Crippen molar-refractivity contribution < 1.29 is 4.74 Å². The van der Waals surface area contributed by atoms with Crippen molar-refractivity contribution >= 4 is 0 Å². The van der Waals surface area contributed by atoms with Gasteiger partial charge in [0.15, 0.2) is 0 Å². The van der Waals surface area contributed by atoms with Crippen LogP contribution in [-0.4, -0.2) is 26.3 Å². The third-order valence-electron chi connectivity index (χ3n) is 3.68. The van der Waals surface area contributed by atoms with Gasteiger partial charge in [-0.1, -0.05) is 20.3 Å². The Hall–Kier alpha value is -0.0800. The number of ether oxygens (including phenoxy) is 1. The molecule has 2 atom stereocenters.